The van der Waals surface area contributed by atoms with Gasteiger partial charge in [-0.3, -0.25) is 14.2 Å². The summed E-state index contributed by atoms with van der Waals surface area (Å²) in [4.78, 5) is 30.8. The number of hydrogen-bond donors (Lipinski definition) is 1. The summed E-state index contributed by atoms with van der Waals surface area (Å²) < 4.78 is 7.48. The second kappa shape index (κ2) is 9.50. The molecule has 1 aliphatic rings. The van der Waals surface area contributed by atoms with Gasteiger partial charge in [-0.2, -0.15) is 0 Å². The highest BCUT2D eigenvalue weighted by atomic mass is 32.2. The zero-order valence-corrected chi connectivity index (χ0v) is 18.8. The molecule has 1 amide bonds. The van der Waals surface area contributed by atoms with Gasteiger partial charge in [-0.05, 0) is 61.4 Å². The van der Waals surface area contributed by atoms with E-state index in [1.54, 1.807) is 10.6 Å². The van der Waals surface area contributed by atoms with Crippen molar-refractivity contribution in [1.29, 1.82) is 0 Å². The van der Waals surface area contributed by atoms with E-state index in [4.69, 9.17) is 9.72 Å². The van der Waals surface area contributed by atoms with E-state index >= 15 is 0 Å². The van der Waals surface area contributed by atoms with Gasteiger partial charge in [0.1, 0.15) is 11.5 Å². The first-order chi connectivity index (χ1) is 16.2. The molecule has 1 aromatic heterocycles. The van der Waals surface area contributed by atoms with Crippen molar-refractivity contribution < 1.29 is 9.53 Å². The molecule has 6 nitrogen and oxygen atoms in total. The van der Waals surface area contributed by atoms with Gasteiger partial charge >= 0.3 is 0 Å². The van der Waals surface area contributed by atoms with Crippen LogP contribution in [0.4, 0.5) is 0 Å². The monoisotopic (exact) mass is 457 g/mol. The summed E-state index contributed by atoms with van der Waals surface area (Å²) in [6.45, 7) is 0.691. The molecule has 7 heteroatoms. The van der Waals surface area contributed by atoms with Crippen molar-refractivity contribution in [3.05, 3.63) is 89.2 Å². The van der Waals surface area contributed by atoms with Crippen LogP contribution in [0, 0.1) is 0 Å². The maximum Gasteiger partial charge on any atom is 0.266 e. The van der Waals surface area contributed by atoms with Gasteiger partial charge in [0.25, 0.3) is 5.56 Å². The number of carbonyl (C=O) groups excluding carboxylic acids is 1. The number of hydrogen-bond acceptors (Lipinski definition) is 5. The van der Waals surface area contributed by atoms with Crippen LogP contribution in [0.2, 0.25) is 0 Å². The lowest BCUT2D eigenvalue weighted by molar-refractivity contribution is -0.120. The lowest BCUT2D eigenvalue weighted by Crippen LogP contribution is -2.31. The Balaban J connectivity index is 1.54. The normalized spacial score (nSPS) is 16.2. The van der Waals surface area contributed by atoms with E-state index in [0.717, 1.165) is 25.0 Å². The Bertz CT molecular complexity index is 1340. The summed E-state index contributed by atoms with van der Waals surface area (Å²) >= 11 is 1.35. The molecule has 33 heavy (non-hydrogen) atoms. The van der Waals surface area contributed by atoms with Crippen LogP contribution in [-0.2, 0) is 4.79 Å². The molecule has 166 valence electrons. The first-order valence-electron chi connectivity index (χ1n) is 11.0. The SMILES string of the molecule is O=C1NCCCCC1Sc1nc2ccccc2c(=O)n1-c1ccc(Oc2ccccc2)cc1. The number of aromatic nitrogens is 2. The zero-order chi connectivity index (χ0) is 22.6. The van der Waals surface area contributed by atoms with Crippen LogP contribution >= 0.6 is 11.8 Å². The van der Waals surface area contributed by atoms with E-state index in [0.29, 0.717) is 34.0 Å². The predicted octanol–water partition coefficient (Wildman–Crippen LogP) is 4.94. The van der Waals surface area contributed by atoms with E-state index in [2.05, 4.69) is 5.32 Å². The van der Waals surface area contributed by atoms with E-state index in [1.165, 1.54) is 11.8 Å². The summed E-state index contributed by atoms with van der Waals surface area (Å²) in [6, 6.07) is 24.2. The maximum absolute atomic E-state index is 13.5. The molecule has 1 unspecified atom stereocenters. The minimum Gasteiger partial charge on any atom is -0.457 e. The third-order valence-corrected chi connectivity index (χ3v) is 6.77. The van der Waals surface area contributed by atoms with Crippen molar-refractivity contribution >= 4 is 28.6 Å². The number of amides is 1. The van der Waals surface area contributed by atoms with Crippen molar-refractivity contribution in [1.82, 2.24) is 14.9 Å². The molecule has 0 aliphatic carbocycles. The Kier molecular flexibility index (Phi) is 6.13. The summed E-state index contributed by atoms with van der Waals surface area (Å²) in [5.74, 6) is 1.41. The van der Waals surface area contributed by atoms with Crippen molar-refractivity contribution in [2.24, 2.45) is 0 Å². The molecule has 0 bridgehead atoms. The molecule has 1 N–H and O–H groups in total. The summed E-state index contributed by atoms with van der Waals surface area (Å²) in [6.07, 6.45) is 2.67. The summed E-state index contributed by atoms with van der Waals surface area (Å²) in [5, 5.41) is 3.73. The van der Waals surface area contributed by atoms with Gasteiger partial charge in [-0.15, -0.1) is 0 Å². The standard InChI is InChI=1S/C26H23N3O3S/c30-24-23(12-6-7-17-27-24)33-26-28-22-11-5-4-10-21(22)25(31)29(26)18-13-15-20(16-14-18)32-19-8-2-1-3-9-19/h1-5,8-11,13-16,23H,6-7,12,17H2,(H,27,30). The smallest absolute Gasteiger partial charge is 0.266 e. The maximum atomic E-state index is 13.5. The van der Waals surface area contributed by atoms with Crippen LogP contribution < -0.4 is 15.6 Å². The third kappa shape index (κ3) is 4.64. The van der Waals surface area contributed by atoms with Crippen molar-refractivity contribution in [2.45, 2.75) is 29.7 Å². The van der Waals surface area contributed by atoms with E-state index in [9.17, 15) is 9.59 Å². The van der Waals surface area contributed by atoms with Crippen LogP contribution in [0.5, 0.6) is 11.5 Å². The van der Waals surface area contributed by atoms with Crippen LogP contribution in [0.3, 0.4) is 0 Å². The average Bonchev–Trinajstić information content (AvgIpc) is 3.05. The Morgan fingerprint density at radius 2 is 1.61 bits per heavy atom. The number of rotatable bonds is 5. The molecule has 3 aromatic carbocycles. The number of para-hydroxylation sites is 2. The molecule has 1 aliphatic heterocycles. The second-order valence-corrected chi connectivity index (χ2v) is 9.02. The van der Waals surface area contributed by atoms with Gasteiger partial charge in [-0.25, -0.2) is 4.98 Å². The lowest BCUT2D eigenvalue weighted by Gasteiger charge is -2.17. The Morgan fingerprint density at radius 3 is 2.42 bits per heavy atom. The van der Waals surface area contributed by atoms with E-state index in [1.807, 2.05) is 72.8 Å². The highest BCUT2D eigenvalue weighted by Gasteiger charge is 2.25. The topological polar surface area (TPSA) is 73.2 Å². The number of fused-ring (bicyclic) bond motifs is 1. The molecule has 1 fully saturated rings. The van der Waals surface area contributed by atoms with Gasteiger partial charge in [0.05, 0.1) is 21.8 Å². The first kappa shape index (κ1) is 21.3. The summed E-state index contributed by atoms with van der Waals surface area (Å²) in [7, 11) is 0. The predicted molar refractivity (Wildman–Crippen MR) is 130 cm³/mol. The molecule has 1 saturated heterocycles. The number of carbonyl (C=O) groups is 1. The van der Waals surface area contributed by atoms with Gasteiger partial charge in [0.2, 0.25) is 5.91 Å². The molecular weight excluding hydrogens is 434 g/mol. The molecule has 0 spiro atoms. The van der Waals surface area contributed by atoms with Gasteiger partial charge in [0, 0.05) is 6.54 Å². The number of thioether (sulfide) groups is 1. The second-order valence-electron chi connectivity index (χ2n) is 7.85. The van der Waals surface area contributed by atoms with Gasteiger partial charge in [-0.1, -0.05) is 48.5 Å². The molecule has 2 heterocycles. The lowest BCUT2D eigenvalue weighted by atomic mass is 10.2. The van der Waals surface area contributed by atoms with Crippen LogP contribution in [0.15, 0.2) is 88.8 Å². The van der Waals surface area contributed by atoms with Crippen molar-refractivity contribution in [3.63, 3.8) is 0 Å². The van der Waals surface area contributed by atoms with Crippen LogP contribution in [0.1, 0.15) is 19.3 Å². The molecule has 5 rings (SSSR count). The molecule has 1 atom stereocenters. The summed E-state index contributed by atoms with van der Waals surface area (Å²) in [5.41, 5.74) is 1.14. The quantitative estimate of drug-likeness (QED) is 0.430. The Labute approximate surface area is 195 Å². The van der Waals surface area contributed by atoms with E-state index in [-0.39, 0.29) is 16.7 Å². The molecule has 0 saturated carbocycles. The van der Waals surface area contributed by atoms with Crippen molar-refractivity contribution in [2.75, 3.05) is 6.54 Å². The highest BCUT2D eigenvalue weighted by molar-refractivity contribution is 8.00. The molecule has 0 radical (unpaired) electrons. The van der Waals surface area contributed by atoms with Crippen molar-refractivity contribution in [3.8, 4) is 17.2 Å². The fourth-order valence-corrected chi connectivity index (χ4v) is 5.03. The van der Waals surface area contributed by atoms with Crippen LogP contribution in [-0.4, -0.2) is 27.3 Å². The number of benzene rings is 3. The average molecular weight is 458 g/mol. The molecule has 4 aromatic rings. The zero-order valence-electron chi connectivity index (χ0n) is 17.9. The highest BCUT2D eigenvalue weighted by Crippen LogP contribution is 2.30. The largest absolute Gasteiger partial charge is 0.457 e. The Hall–Kier alpha value is -3.58. The van der Waals surface area contributed by atoms with Gasteiger partial charge in [0.15, 0.2) is 5.16 Å². The minimum absolute atomic E-state index is 0.00179. The number of ether oxygens (including phenoxy) is 1. The fraction of sp³-hybridized carbons (Fsp3) is 0.192. The van der Waals surface area contributed by atoms with Gasteiger partial charge < -0.3 is 10.1 Å². The third-order valence-electron chi connectivity index (χ3n) is 5.55. The number of nitrogens with zero attached hydrogens (tertiary/aromatic N) is 2. The molecular formula is C26H23N3O3S. The van der Waals surface area contributed by atoms with Crippen LogP contribution in [0.25, 0.3) is 16.6 Å². The van der Waals surface area contributed by atoms with E-state index < -0.39 is 0 Å². The fourth-order valence-electron chi connectivity index (χ4n) is 3.86. The minimum atomic E-state index is -0.285. The Morgan fingerprint density at radius 1 is 0.879 bits per heavy atom. The number of nitrogens with one attached hydrogen (secondary N) is 1. The first-order valence-corrected chi connectivity index (χ1v) is 11.9.